The minimum Gasteiger partial charge on any atom is -0.327 e. The van der Waals surface area contributed by atoms with Gasteiger partial charge in [-0.3, -0.25) is 0 Å². The van der Waals surface area contributed by atoms with Crippen LogP contribution < -0.4 is 5.73 Å². The Labute approximate surface area is 101 Å². The molecule has 92 valence electrons. The average molecular weight is 221 g/mol. The molecule has 0 radical (unpaired) electrons. The molecule has 0 rings (SSSR count). The Morgan fingerprint density at radius 3 is 1.81 bits per heavy atom. The van der Waals surface area contributed by atoms with Gasteiger partial charge in [-0.15, -0.1) is 0 Å². The van der Waals surface area contributed by atoms with E-state index in [1.807, 2.05) is 0 Å². The van der Waals surface area contributed by atoms with Gasteiger partial charge in [0.25, 0.3) is 0 Å². The fraction of sp³-hybridized carbons (Fsp3) is 0.600. The molecule has 0 aliphatic carbocycles. The molecule has 1 heteroatoms. The van der Waals surface area contributed by atoms with Gasteiger partial charge in [0.15, 0.2) is 0 Å². The third-order valence-electron chi connectivity index (χ3n) is 2.59. The lowest BCUT2D eigenvalue weighted by molar-refractivity contribution is 0.914. The highest BCUT2D eigenvalue weighted by Gasteiger charge is 1.91. The van der Waals surface area contributed by atoms with Crippen molar-refractivity contribution in [3.63, 3.8) is 0 Å². The number of allylic oxidation sites excluding steroid dienone is 5. The van der Waals surface area contributed by atoms with E-state index in [2.05, 4.69) is 45.9 Å². The quantitative estimate of drug-likeness (QED) is 0.635. The molecular formula is C15H27N. The van der Waals surface area contributed by atoms with Gasteiger partial charge >= 0.3 is 0 Å². The van der Waals surface area contributed by atoms with E-state index in [9.17, 15) is 0 Å². The maximum atomic E-state index is 5.46. The fourth-order valence-electron chi connectivity index (χ4n) is 1.54. The largest absolute Gasteiger partial charge is 0.327 e. The van der Waals surface area contributed by atoms with Gasteiger partial charge < -0.3 is 5.73 Å². The second kappa shape index (κ2) is 9.41. The summed E-state index contributed by atoms with van der Waals surface area (Å²) in [5.74, 6) is 0. The van der Waals surface area contributed by atoms with Crippen LogP contribution >= 0.6 is 0 Å². The molecule has 0 unspecified atom stereocenters. The van der Waals surface area contributed by atoms with E-state index in [0.29, 0.717) is 6.54 Å². The van der Waals surface area contributed by atoms with Crippen molar-refractivity contribution in [2.75, 3.05) is 6.54 Å². The second-order valence-electron chi connectivity index (χ2n) is 4.70. The first kappa shape index (κ1) is 15.2. The summed E-state index contributed by atoms with van der Waals surface area (Å²) in [7, 11) is 0. The molecule has 0 atom stereocenters. The summed E-state index contributed by atoms with van der Waals surface area (Å²) in [5.41, 5.74) is 9.77. The third kappa shape index (κ3) is 9.72. The van der Waals surface area contributed by atoms with E-state index >= 15 is 0 Å². The second-order valence-corrected chi connectivity index (χ2v) is 4.70. The number of rotatable bonds is 7. The lowest BCUT2D eigenvalue weighted by atomic mass is 10.1. The molecule has 16 heavy (non-hydrogen) atoms. The lowest BCUT2D eigenvalue weighted by Crippen LogP contribution is -1.94. The molecule has 0 saturated heterocycles. The van der Waals surface area contributed by atoms with Crippen LogP contribution in [0.4, 0.5) is 0 Å². The van der Waals surface area contributed by atoms with E-state index in [4.69, 9.17) is 5.73 Å². The summed E-state index contributed by atoms with van der Waals surface area (Å²) in [6.07, 6.45) is 11.4. The Morgan fingerprint density at radius 1 is 0.812 bits per heavy atom. The van der Waals surface area contributed by atoms with Crippen molar-refractivity contribution in [2.45, 2.75) is 53.4 Å². The van der Waals surface area contributed by atoms with Crippen molar-refractivity contribution in [1.82, 2.24) is 0 Å². The topological polar surface area (TPSA) is 26.0 Å². The van der Waals surface area contributed by atoms with E-state index in [1.165, 1.54) is 29.6 Å². The van der Waals surface area contributed by atoms with Crippen LogP contribution in [0.2, 0.25) is 0 Å². The Hall–Kier alpha value is -0.820. The first-order chi connectivity index (χ1) is 7.56. The van der Waals surface area contributed by atoms with Crippen molar-refractivity contribution in [2.24, 2.45) is 5.73 Å². The summed E-state index contributed by atoms with van der Waals surface area (Å²) >= 11 is 0. The van der Waals surface area contributed by atoms with E-state index < -0.39 is 0 Å². The molecule has 0 aromatic heterocycles. The predicted molar refractivity (Wildman–Crippen MR) is 74.5 cm³/mol. The molecule has 0 heterocycles. The minimum absolute atomic E-state index is 0.662. The zero-order valence-electron chi connectivity index (χ0n) is 11.3. The molecule has 0 amide bonds. The van der Waals surface area contributed by atoms with Crippen molar-refractivity contribution in [3.05, 3.63) is 34.9 Å². The molecule has 0 fully saturated rings. The van der Waals surface area contributed by atoms with Crippen molar-refractivity contribution in [1.29, 1.82) is 0 Å². The molecule has 1 nitrogen and oxygen atoms in total. The third-order valence-corrected chi connectivity index (χ3v) is 2.59. The molecule has 0 aromatic carbocycles. The summed E-state index contributed by atoms with van der Waals surface area (Å²) < 4.78 is 0. The fourth-order valence-corrected chi connectivity index (χ4v) is 1.54. The highest BCUT2D eigenvalue weighted by atomic mass is 14.5. The Balaban J connectivity index is 3.79. The smallest absolute Gasteiger partial charge is 0.0109 e. The molecule has 0 aliphatic heterocycles. The van der Waals surface area contributed by atoms with E-state index in [0.717, 1.165) is 12.8 Å². The number of hydrogen-bond donors (Lipinski definition) is 1. The van der Waals surface area contributed by atoms with Crippen molar-refractivity contribution < 1.29 is 0 Å². The van der Waals surface area contributed by atoms with Crippen LogP contribution in [0.3, 0.4) is 0 Å². The monoisotopic (exact) mass is 221 g/mol. The molecule has 0 bridgehead atoms. The first-order valence-electron chi connectivity index (χ1n) is 6.21. The molecule has 0 aliphatic rings. The van der Waals surface area contributed by atoms with Gasteiger partial charge in [0.1, 0.15) is 0 Å². The summed E-state index contributed by atoms with van der Waals surface area (Å²) in [6, 6.07) is 0. The highest BCUT2D eigenvalue weighted by molar-refractivity contribution is 5.05. The normalized spacial score (nSPS) is 12.8. The standard InChI is InChI=1S/C15H27N/c1-13(2)7-5-8-14(3)9-6-10-15(4)11-12-16/h7,9,11H,5-6,8,10,12,16H2,1-4H3/b14-9+,15-11?. The van der Waals surface area contributed by atoms with Gasteiger partial charge in [-0.1, -0.05) is 34.9 Å². The van der Waals surface area contributed by atoms with Crippen molar-refractivity contribution >= 4 is 0 Å². The molecular weight excluding hydrogens is 194 g/mol. The minimum atomic E-state index is 0.662. The van der Waals surface area contributed by atoms with Crippen LogP contribution in [0.15, 0.2) is 34.9 Å². The average Bonchev–Trinajstić information content (AvgIpc) is 2.17. The molecule has 0 aromatic rings. The Morgan fingerprint density at radius 2 is 1.31 bits per heavy atom. The summed E-state index contributed by atoms with van der Waals surface area (Å²) in [6.45, 7) is 9.34. The van der Waals surface area contributed by atoms with Crippen LogP contribution in [0, 0.1) is 0 Å². The van der Waals surface area contributed by atoms with Gasteiger partial charge in [0.05, 0.1) is 0 Å². The van der Waals surface area contributed by atoms with Crippen molar-refractivity contribution in [3.8, 4) is 0 Å². The predicted octanol–water partition coefficient (Wildman–Crippen LogP) is 4.36. The van der Waals surface area contributed by atoms with Crippen LogP contribution in [0.25, 0.3) is 0 Å². The summed E-state index contributed by atoms with van der Waals surface area (Å²) in [5, 5.41) is 0. The van der Waals surface area contributed by atoms with Gasteiger partial charge in [0, 0.05) is 6.54 Å². The maximum absolute atomic E-state index is 5.46. The Bertz CT molecular complexity index is 265. The van der Waals surface area contributed by atoms with E-state index in [1.54, 1.807) is 0 Å². The highest BCUT2D eigenvalue weighted by Crippen LogP contribution is 2.10. The number of nitrogens with two attached hydrogens (primary N) is 1. The molecule has 2 N–H and O–H groups in total. The SMILES string of the molecule is CC(C)=CCC/C(C)=C/CCC(C)=CCN. The first-order valence-corrected chi connectivity index (χ1v) is 6.21. The summed E-state index contributed by atoms with van der Waals surface area (Å²) in [4.78, 5) is 0. The van der Waals surface area contributed by atoms with Crippen LogP contribution in [-0.2, 0) is 0 Å². The zero-order chi connectivity index (χ0) is 12.4. The van der Waals surface area contributed by atoms with Gasteiger partial charge in [-0.2, -0.15) is 0 Å². The van der Waals surface area contributed by atoms with Gasteiger partial charge in [-0.25, -0.2) is 0 Å². The molecule has 0 spiro atoms. The van der Waals surface area contributed by atoms with Crippen LogP contribution in [-0.4, -0.2) is 6.54 Å². The zero-order valence-corrected chi connectivity index (χ0v) is 11.3. The molecule has 0 saturated carbocycles. The van der Waals surface area contributed by atoms with Gasteiger partial charge in [-0.05, 0) is 53.4 Å². The maximum Gasteiger partial charge on any atom is 0.0109 e. The van der Waals surface area contributed by atoms with E-state index in [-0.39, 0.29) is 0 Å². The van der Waals surface area contributed by atoms with Crippen LogP contribution in [0.5, 0.6) is 0 Å². The number of hydrogen-bond acceptors (Lipinski definition) is 1. The lowest BCUT2D eigenvalue weighted by Gasteiger charge is -2.00. The van der Waals surface area contributed by atoms with Gasteiger partial charge in [0.2, 0.25) is 0 Å². The Kier molecular flexibility index (Phi) is 8.93. The van der Waals surface area contributed by atoms with Crippen LogP contribution in [0.1, 0.15) is 53.4 Å².